The van der Waals surface area contributed by atoms with Gasteiger partial charge in [-0.2, -0.15) is 0 Å². The van der Waals surface area contributed by atoms with Gasteiger partial charge in [0.25, 0.3) is 0 Å². The van der Waals surface area contributed by atoms with Gasteiger partial charge < -0.3 is 14.6 Å². The predicted molar refractivity (Wildman–Crippen MR) is 111 cm³/mol. The van der Waals surface area contributed by atoms with Crippen molar-refractivity contribution >= 4 is 8.32 Å². The summed E-state index contributed by atoms with van der Waals surface area (Å²) in [5.74, 6) is -0.0497. The van der Waals surface area contributed by atoms with Gasteiger partial charge in [-0.1, -0.05) is 51.0 Å². The van der Waals surface area contributed by atoms with Crippen molar-refractivity contribution in [3.8, 4) is 0 Å². The first-order valence-electron chi connectivity index (χ1n) is 9.74. The monoisotopic (exact) mass is 378 g/mol. The van der Waals surface area contributed by atoms with E-state index >= 15 is 0 Å². The molecule has 3 nitrogen and oxygen atoms in total. The Balaban J connectivity index is 2.58. The molecule has 0 radical (unpaired) electrons. The number of aliphatic hydroxyl groups is 2. The average molecular weight is 379 g/mol. The number of hydrogen-bond acceptors (Lipinski definition) is 3. The Morgan fingerprint density at radius 3 is 2.23 bits per heavy atom. The maximum Gasteiger partial charge on any atom is 0.192 e. The highest BCUT2D eigenvalue weighted by Crippen LogP contribution is 2.74. The van der Waals surface area contributed by atoms with E-state index in [2.05, 4.69) is 60.9 Å². The number of hydrogen-bond donors (Lipinski definition) is 2. The minimum Gasteiger partial charge on any atom is -0.413 e. The third-order valence-corrected chi connectivity index (χ3v) is 11.8. The molecule has 2 aliphatic rings. The second-order valence-electron chi connectivity index (χ2n) is 10.0. The molecule has 148 valence electrons. The summed E-state index contributed by atoms with van der Waals surface area (Å²) in [5, 5.41) is 22.7. The van der Waals surface area contributed by atoms with Crippen LogP contribution in [0.25, 0.3) is 0 Å². The van der Waals surface area contributed by atoms with Gasteiger partial charge in [0.15, 0.2) is 8.32 Å². The van der Waals surface area contributed by atoms with Gasteiger partial charge in [0.05, 0.1) is 23.2 Å². The highest BCUT2D eigenvalue weighted by Gasteiger charge is 2.78. The molecule has 0 heterocycles. The molecule has 0 aromatic rings. The largest absolute Gasteiger partial charge is 0.413 e. The van der Waals surface area contributed by atoms with Gasteiger partial charge in [-0.25, -0.2) is 0 Å². The van der Waals surface area contributed by atoms with Crippen molar-refractivity contribution in [1.82, 2.24) is 0 Å². The molecule has 0 spiro atoms. The molecule has 1 unspecified atom stereocenters. The van der Waals surface area contributed by atoms with E-state index in [-0.39, 0.29) is 23.0 Å². The summed E-state index contributed by atoms with van der Waals surface area (Å²) in [6, 6.07) is 0. The van der Waals surface area contributed by atoms with Crippen molar-refractivity contribution in [3.63, 3.8) is 0 Å². The lowest BCUT2D eigenvalue weighted by Gasteiger charge is -2.49. The van der Waals surface area contributed by atoms with Crippen LogP contribution in [0.3, 0.4) is 0 Å². The molecule has 2 rings (SSSR count). The molecule has 0 aromatic carbocycles. The first-order chi connectivity index (χ1) is 11.7. The SMILES string of the molecule is C=CC(O)[C@]12C(=C(C)C)[C@H]1[C@@H](O[Si](C)(C)C(C)(C)C)C[C@@H](C)[C@]2(O)C=C. The van der Waals surface area contributed by atoms with Crippen LogP contribution in [-0.4, -0.2) is 36.3 Å². The lowest BCUT2D eigenvalue weighted by molar-refractivity contribution is -0.120. The number of allylic oxidation sites excluding steroid dienone is 1. The van der Waals surface area contributed by atoms with Crippen molar-refractivity contribution in [2.45, 2.75) is 83.9 Å². The average Bonchev–Trinajstić information content (AvgIpc) is 3.23. The van der Waals surface area contributed by atoms with Crippen LogP contribution in [0.2, 0.25) is 18.1 Å². The molecule has 0 bridgehead atoms. The fourth-order valence-corrected chi connectivity index (χ4v) is 6.26. The van der Waals surface area contributed by atoms with Gasteiger partial charge in [-0.05, 0) is 44.3 Å². The second kappa shape index (κ2) is 6.44. The van der Waals surface area contributed by atoms with E-state index < -0.39 is 25.4 Å². The van der Waals surface area contributed by atoms with Crippen LogP contribution in [0, 0.1) is 17.3 Å². The summed E-state index contributed by atoms with van der Waals surface area (Å²) < 4.78 is 6.82. The number of rotatable bonds is 5. The van der Waals surface area contributed by atoms with Crippen LogP contribution in [0.15, 0.2) is 36.5 Å². The fraction of sp³-hybridized carbons (Fsp3) is 0.727. The second-order valence-corrected chi connectivity index (χ2v) is 14.8. The van der Waals surface area contributed by atoms with Crippen molar-refractivity contribution in [3.05, 3.63) is 36.5 Å². The Labute approximate surface area is 161 Å². The van der Waals surface area contributed by atoms with E-state index in [1.165, 1.54) is 0 Å². The van der Waals surface area contributed by atoms with Gasteiger partial charge >= 0.3 is 0 Å². The first-order valence-corrected chi connectivity index (χ1v) is 12.7. The number of fused-ring (bicyclic) bond motifs is 1. The first kappa shape index (κ1) is 21.6. The smallest absolute Gasteiger partial charge is 0.192 e. The molecule has 2 saturated carbocycles. The maximum atomic E-state index is 11.6. The molecule has 0 aromatic heterocycles. The molecule has 2 N–H and O–H groups in total. The summed E-state index contributed by atoms with van der Waals surface area (Å²) >= 11 is 0. The standard InChI is InChI=1S/C22H38O3Si/c1-11-17(23)22-18(14(3)4)19(22)16(13-15(5)21(22,24)12-2)25-26(9,10)20(6,7)8/h11-12,15-17,19,23-24H,1-2,13H2,3-10H3/t15-,16+,17?,19-,21-,22+/m1/s1. The van der Waals surface area contributed by atoms with Crippen molar-refractivity contribution in [2.24, 2.45) is 17.3 Å². The Morgan fingerprint density at radius 2 is 1.85 bits per heavy atom. The fourth-order valence-electron chi connectivity index (χ4n) is 4.92. The zero-order chi connectivity index (χ0) is 20.3. The van der Waals surface area contributed by atoms with E-state index in [1.807, 2.05) is 6.92 Å². The Bertz CT molecular complexity index is 626. The minimum atomic E-state index is -1.97. The lowest BCUT2D eigenvalue weighted by Crippen LogP contribution is -2.57. The highest BCUT2D eigenvalue weighted by molar-refractivity contribution is 6.74. The third kappa shape index (κ3) is 2.72. The highest BCUT2D eigenvalue weighted by atomic mass is 28.4. The van der Waals surface area contributed by atoms with Gasteiger partial charge in [0.2, 0.25) is 0 Å². The molecule has 2 fully saturated rings. The molecule has 0 amide bonds. The Morgan fingerprint density at radius 1 is 1.31 bits per heavy atom. The zero-order valence-corrected chi connectivity index (χ0v) is 18.9. The van der Waals surface area contributed by atoms with Crippen LogP contribution in [0.5, 0.6) is 0 Å². The molecular weight excluding hydrogens is 340 g/mol. The quantitative estimate of drug-likeness (QED) is 0.532. The van der Waals surface area contributed by atoms with E-state index in [9.17, 15) is 10.2 Å². The summed E-state index contributed by atoms with van der Waals surface area (Å²) in [6.45, 7) is 25.2. The van der Waals surface area contributed by atoms with E-state index in [4.69, 9.17) is 4.43 Å². The summed E-state index contributed by atoms with van der Waals surface area (Å²) in [5.41, 5.74) is 0.347. The lowest BCUT2D eigenvalue weighted by atomic mass is 9.64. The molecule has 6 atom stereocenters. The van der Waals surface area contributed by atoms with Crippen molar-refractivity contribution < 1.29 is 14.6 Å². The van der Waals surface area contributed by atoms with Crippen LogP contribution < -0.4 is 0 Å². The van der Waals surface area contributed by atoms with Crippen LogP contribution in [0.1, 0.15) is 48.0 Å². The van der Waals surface area contributed by atoms with Gasteiger partial charge in [0.1, 0.15) is 0 Å². The van der Waals surface area contributed by atoms with Gasteiger partial charge in [0, 0.05) is 5.92 Å². The van der Waals surface area contributed by atoms with Crippen molar-refractivity contribution in [1.29, 1.82) is 0 Å². The van der Waals surface area contributed by atoms with Crippen LogP contribution in [-0.2, 0) is 4.43 Å². The molecule has 0 saturated heterocycles. The molecule has 0 aliphatic heterocycles. The van der Waals surface area contributed by atoms with E-state index in [0.29, 0.717) is 0 Å². The topological polar surface area (TPSA) is 49.7 Å². The van der Waals surface area contributed by atoms with Crippen molar-refractivity contribution in [2.75, 3.05) is 0 Å². The summed E-state index contributed by atoms with van der Waals surface area (Å²) in [4.78, 5) is 0. The van der Waals surface area contributed by atoms with Crippen LogP contribution >= 0.6 is 0 Å². The molecule has 4 heteroatoms. The van der Waals surface area contributed by atoms with E-state index in [1.54, 1.807) is 12.2 Å². The summed E-state index contributed by atoms with van der Waals surface area (Å²) in [7, 11) is -1.97. The third-order valence-electron chi connectivity index (χ3n) is 7.33. The molecule has 2 aliphatic carbocycles. The molecule has 26 heavy (non-hydrogen) atoms. The minimum absolute atomic E-state index is 0.00520. The number of aliphatic hydroxyl groups excluding tert-OH is 1. The van der Waals surface area contributed by atoms with Crippen LogP contribution in [0.4, 0.5) is 0 Å². The van der Waals surface area contributed by atoms with Gasteiger partial charge in [-0.3, -0.25) is 0 Å². The summed E-state index contributed by atoms with van der Waals surface area (Å²) in [6.07, 6.45) is 3.14. The normalized spacial score (nSPS) is 38.4. The predicted octanol–water partition coefficient (Wildman–Crippen LogP) is 4.83. The molecular formula is C22H38O3Si. The van der Waals surface area contributed by atoms with E-state index in [0.717, 1.165) is 17.6 Å². The van der Waals surface area contributed by atoms with Gasteiger partial charge in [-0.15, -0.1) is 13.2 Å². The maximum absolute atomic E-state index is 11.6. The Hall–Kier alpha value is -0.683. The zero-order valence-electron chi connectivity index (χ0n) is 17.9. The Kier molecular flexibility index (Phi) is 5.35.